The highest BCUT2D eigenvalue weighted by atomic mass is 15.3. The van der Waals surface area contributed by atoms with E-state index in [1.165, 1.54) is 6.33 Å². The lowest BCUT2D eigenvalue weighted by Crippen LogP contribution is -2.15. The second-order valence-electron chi connectivity index (χ2n) is 3.22. The van der Waals surface area contributed by atoms with Gasteiger partial charge in [0.15, 0.2) is 0 Å². The zero-order valence-electron chi connectivity index (χ0n) is 8.31. The largest absolute Gasteiger partial charge is 0.384 e. The van der Waals surface area contributed by atoms with Gasteiger partial charge in [-0.2, -0.15) is 5.10 Å². The molecule has 1 aromatic carbocycles. The molecule has 5 heteroatoms. The van der Waals surface area contributed by atoms with Crippen molar-refractivity contribution in [2.45, 2.75) is 6.92 Å². The first-order valence-corrected chi connectivity index (χ1v) is 4.49. The fraction of sp³-hybridized carbons (Fsp3) is 0.100. The van der Waals surface area contributed by atoms with Crippen molar-refractivity contribution in [3.05, 3.63) is 42.0 Å². The van der Waals surface area contributed by atoms with Gasteiger partial charge in [0.1, 0.15) is 18.5 Å². The average molecular weight is 201 g/mol. The van der Waals surface area contributed by atoms with Gasteiger partial charge in [0.2, 0.25) is 0 Å². The number of aryl methyl sites for hydroxylation is 1. The minimum atomic E-state index is 0.0317. The molecule has 0 saturated carbocycles. The molecule has 76 valence electrons. The summed E-state index contributed by atoms with van der Waals surface area (Å²) in [5.41, 5.74) is 7.99. The first kappa shape index (κ1) is 9.39. The summed E-state index contributed by atoms with van der Waals surface area (Å²) in [4.78, 5) is 3.88. The van der Waals surface area contributed by atoms with Crippen LogP contribution in [0.15, 0.2) is 30.9 Å². The molecule has 0 atom stereocenters. The van der Waals surface area contributed by atoms with Crippen LogP contribution in [0.3, 0.4) is 0 Å². The van der Waals surface area contributed by atoms with E-state index < -0.39 is 0 Å². The van der Waals surface area contributed by atoms with Crippen LogP contribution in [0, 0.1) is 12.3 Å². The van der Waals surface area contributed by atoms with E-state index in [4.69, 9.17) is 11.1 Å². The third-order valence-electron chi connectivity index (χ3n) is 2.18. The van der Waals surface area contributed by atoms with Gasteiger partial charge in [-0.3, -0.25) is 5.41 Å². The summed E-state index contributed by atoms with van der Waals surface area (Å²) in [6.07, 6.45) is 3.05. The van der Waals surface area contributed by atoms with Crippen molar-refractivity contribution >= 4 is 5.84 Å². The number of hydrogen-bond donors (Lipinski definition) is 2. The lowest BCUT2D eigenvalue weighted by Gasteiger charge is -2.10. The molecular formula is C10H11N5. The molecule has 5 nitrogen and oxygen atoms in total. The molecule has 2 rings (SSSR count). The van der Waals surface area contributed by atoms with Crippen LogP contribution in [-0.4, -0.2) is 20.6 Å². The van der Waals surface area contributed by atoms with Gasteiger partial charge in [-0.25, -0.2) is 9.67 Å². The quantitative estimate of drug-likeness (QED) is 0.558. The SMILES string of the molecule is Cc1cccc(C(=N)N)c1-n1cncn1. The molecule has 0 saturated heterocycles. The number of hydrogen-bond acceptors (Lipinski definition) is 3. The molecule has 2 aromatic rings. The number of aromatic nitrogens is 3. The van der Waals surface area contributed by atoms with Crippen LogP contribution < -0.4 is 5.73 Å². The maximum atomic E-state index is 7.49. The van der Waals surface area contributed by atoms with Gasteiger partial charge >= 0.3 is 0 Å². The highest BCUT2D eigenvalue weighted by molar-refractivity contribution is 5.98. The van der Waals surface area contributed by atoms with Crippen LogP contribution in [0.25, 0.3) is 5.69 Å². The Kier molecular flexibility index (Phi) is 2.21. The molecule has 0 aliphatic carbocycles. The number of amidine groups is 1. The molecule has 0 radical (unpaired) electrons. The molecule has 0 unspecified atom stereocenters. The van der Waals surface area contributed by atoms with Crippen LogP contribution in [0.2, 0.25) is 0 Å². The maximum absolute atomic E-state index is 7.49. The van der Waals surface area contributed by atoms with Crippen LogP contribution in [0.1, 0.15) is 11.1 Å². The predicted octanol–water partition coefficient (Wildman–Crippen LogP) is 0.860. The summed E-state index contributed by atoms with van der Waals surface area (Å²) in [6.45, 7) is 1.95. The van der Waals surface area contributed by atoms with E-state index in [9.17, 15) is 0 Å². The molecule has 0 aliphatic heterocycles. The van der Waals surface area contributed by atoms with E-state index in [-0.39, 0.29) is 5.84 Å². The maximum Gasteiger partial charge on any atom is 0.138 e. The van der Waals surface area contributed by atoms with E-state index >= 15 is 0 Å². The Labute approximate surface area is 87.1 Å². The van der Waals surface area contributed by atoms with Crippen molar-refractivity contribution in [1.29, 1.82) is 5.41 Å². The zero-order valence-corrected chi connectivity index (χ0v) is 8.31. The molecule has 15 heavy (non-hydrogen) atoms. The summed E-state index contributed by atoms with van der Waals surface area (Å²) in [6, 6.07) is 5.61. The van der Waals surface area contributed by atoms with E-state index in [0.29, 0.717) is 5.56 Å². The number of para-hydroxylation sites is 1. The number of nitrogens with zero attached hydrogens (tertiary/aromatic N) is 3. The Bertz CT molecular complexity index is 487. The van der Waals surface area contributed by atoms with Gasteiger partial charge in [0.05, 0.1) is 5.69 Å². The lowest BCUT2D eigenvalue weighted by molar-refractivity contribution is 0.868. The monoisotopic (exact) mass is 201 g/mol. The highest BCUT2D eigenvalue weighted by Gasteiger charge is 2.09. The van der Waals surface area contributed by atoms with Crippen LogP contribution in [-0.2, 0) is 0 Å². The number of nitrogen functional groups attached to an aromatic ring is 1. The normalized spacial score (nSPS) is 10.2. The second kappa shape index (κ2) is 3.53. The minimum absolute atomic E-state index is 0.0317. The van der Waals surface area contributed by atoms with Crippen molar-refractivity contribution in [2.24, 2.45) is 5.73 Å². The summed E-state index contributed by atoms with van der Waals surface area (Å²) >= 11 is 0. The van der Waals surface area contributed by atoms with Crippen molar-refractivity contribution < 1.29 is 0 Å². The summed E-state index contributed by atoms with van der Waals surface area (Å²) in [5, 5.41) is 11.5. The third-order valence-corrected chi connectivity index (χ3v) is 2.18. The molecular weight excluding hydrogens is 190 g/mol. The number of nitrogens with one attached hydrogen (secondary N) is 1. The Morgan fingerprint density at radius 2 is 2.27 bits per heavy atom. The number of nitrogens with two attached hydrogens (primary N) is 1. The van der Waals surface area contributed by atoms with Gasteiger partial charge in [-0.05, 0) is 18.6 Å². The molecule has 0 fully saturated rings. The second-order valence-corrected chi connectivity index (χ2v) is 3.22. The smallest absolute Gasteiger partial charge is 0.138 e. The third kappa shape index (κ3) is 1.59. The Hall–Kier alpha value is -2.17. The van der Waals surface area contributed by atoms with Crippen molar-refractivity contribution in [3.63, 3.8) is 0 Å². The van der Waals surface area contributed by atoms with Gasteiger partial charge in [-0.1, -0.05) is 12.1 Å². The Balaban J connectivity index is 2.68. The van der Waals surface area contributed by atoms with E-state index in [1.807, 2.05) is 19.1 Å². The van der Waals surface area contributed by atoms with Crippen molar-refractivity contribution in [1.82, 2.24) is 14.8 Å². The molecule has 1 aromatic heterocycles. The number of benzene rings is 1. The topological polar surface area (TPSA) is 80.6 Å². The fourth-order valence-electron chi connectivity index (χ4n) is 1.50. The first-order valence-electron chi connectivity index (χ1n) is 4.49. The Morgan fingerprint density at radius 1 is 1.47 bits per heavy atom. The van der Waals surface area contributed by atoms with Crippen LogP contribution in [0.5, 0.6) is 0 Å². The summed E-state index contributed by atoms with van der Waals surface area (Å²) in [7, 11) is 0. The Morgan fingerprint density at radius 3 is 2.87 bits per heavy atom. The molecule has 0 aliphatic rings. The first-order chi connectivity index (χ1) is 7.20. The van der Waals surface area contributed by atoms with Crippen molar-refractivity contribution in [2.75, 3.05) is 0 Å². The standard InChI is InChI=1S/C10H11N5/c1-7-3-2-4-8(10(11)12)9(7)15-6-13-5-14-15/h2-6H,1H3,(H3,11,12). The zero-order chi connectivity index (χ0) is 10.8. The van der Waals surface area contributed by atoms with Gasteiger partial charge in [0, 0.05) is 5.56 Å². The minimum Gasteiger partial charge on any atom is -0.384 e. The van der Waals surface area contributed by atoms with Gasteiger partial charge in [-0.15, -0.1) is 0 Å². The molecule has 0 amide bonds. The van der Waals surface area contributed by atoms with E-state index in [2.05, 4.69) is 10.1 Å². The van der Waals surface area contributed by atoms with Crippen LogP contribution >= 0.6 is 0 Å². The lowest BCUT2D eigenvalue weighted by atomic mass is 10.1. The molecule has 0 bridgehead atoms. The summed E-state index contributed by atoms with van der Waals surface area (Å²) < 4.78 is 1.62. The van der Waals surface area contributed by atoms with E-state index in [0.717, 1.165) is 11.3 Å². The molecule has 0 spiro atoms. The van der Waals surface area contributed by atoms with Crippen molar-refractivity contribution in [3.8, 4) is 5.69 Å². The highest BCUT2D eigenvalue weighted by Crippen LogP contribution is 2.17. The average Bonchev–Trinajstić information content (AvgIpc) is 2.70. The number of rotatable bonds is 2. The van der Waals surface area contributed by atoms with Crippen LogP contribution in [0.4, 0.5) is 0 Å². The fourth-order valence-corrected chi connectivity index (χ4v) is 1.50. The molecule has 1 heterocycles. The summed E-state index contributed by atoms with van der Waals surface area (Å²) in [5.74, 6) is 0.0317. The van der Waals surface area contributed by atoms with Gasteiger partial charge in [0.25, 0.3) is 0 Å². The van der Waals surface area contributed by atoms with E-state index in [1.54, 1.807) is 17.1 Å². The van der Waals surface area contributed by atoms with Gasteiger partial charge < -0.3 is 5.73 Å². The molecule has 3 N–H and O–H groups in total. The predicted molar refractivity (Wildman–Crippen MR) is 57.1 cm³/mol.